The van der Waals surface area contributed by atoms with Crippen molar-refractivity contribution in [3.8, 4) is 0 Å². The molecule has 0 radical (unpaired) electrons. The van der Waals surface area contributed by atoms with E-state index in [-0.39, 0.29) is 0 Å². The number of aromatic nitrogens is 1. The van der Waals surface area contributed by atoms with E-state index in [1.54, 1.807) is 0 Å². The van der Waals surface area contributed by atoms with Gasteiger partial charge in [-0.2, -0.15) is 0 Å². The first kappa shape index (κ1) is 10.6. The number of nitrogens with zero attached hydrogens (tertiary/aromatic N) is 2. The maximum Gasteiger partial charge on any atom is 0.0966 e. The van der Waals surface area contributed by atoms with E-state index in [1.807, 2.05) is 31.3 Å². The lowest BCUT2D eigenvalue weighted by molar-refractivity contribution is 1.35. The molecule has 0 aliphatic rings. The highest BCUT2D eigenvalue weighted by atomic mass is 14.8. The summed E-state index contributed by atoms with van der Waals surface area (Å²) in [5, 5.41) is 1.14. The molecule has 1 aromatic heterocycles. The fraction of sp³-hybridized carbons (Fsp3) is 0.143. The molecule has 0 amide bonds. The van der Waals surface area contributed by atoms with Crippen molar-refractivity contribution in [3.05, 3.63) is 41.6 Å². The van der Waals surface area contributed by atoms with Crippen LogP contribution in [-0.2, 0) is 0 Å². The summed E-state index contributed by atoms with van der Waals surface area (Å²) in [6.45, 7) is 7.69. The zero-order valence-electron chi connectivity index (χ0n) is 9.57. The van der Waals surface area contributed by atoms with Crippen LogP contribution < -0.4 is 0 Å². The van der Waals surface area contributed by atoms with Crippen molar-refractivity contribution in [2.24, 2.45) is 4.99 Å². The third-order valence-corrected chi connectivity index (χ3v) is 2.64. The summed E-state index contributed by atoms with van der Waals surface area (Å²) < 4.78 is 0. The van der Waals surface area contributed by atoms with Gasteiger partial charge in [0.05, 0.1) is 11.2 Å². The molecular formula is C14H14N2. The first-order valence-corrected chi connectivity index (χ1v) is 5.25. The molecule has 0 aliphatic heterocycles. The van der Waals surface area contributed by atoms with Crippen molar-refractivity contribution < 1.29 is 0 Å². The van der Waals surface area contributed by atoms with Gasteiger partial charge in [-0.3, -0.25) is 9.98 Å². The molecule has 0 saturated carbocycles. The molecule has 2 aromatic rings. The molecular weight excluding hydrogens is 196 g/mol. The second-order valence-corrected chi connectivity index (χ2v) is 3.69. The summed E-state index contributed by atoms with van der Waals surface area (Å²) in [5.74, 6) is 0. The highest BCUT2D eigenvalue weighted by Gasteiger charge is 2.06. The fourth-order valence-corrected chi connectivity index (χ4v) is 1.84. The SMILES string of the molecule is C=Nc1c(/C=C\C)ccc2c(C)ccnc12. The number of hydrogen-bond donors (Lipinski definition) is 0. The Hall–Kier alpha value is -1.96. The van der Waals surface area contributed by atoms with Crippen LogP contribution in [0.25, 0.3) is 17.0 Å². The summed E-state index contributed by atoms with van der Waals surface area (Å²) >= 11 is 0. The second-order valence-electron chi connectivity index (χ2n) is 3.69. The number of rotatable bonds is 2. The number of aryl methyl sites for hydroxylation is 1. The summed E-state index contributed by atoms with van der Waals surface area (Å²) in [6, 6.07) is 6.15. The standard InChI is InChI=1S/C14H14N2/c1-4-5-11-6-7-12-10(2)8-9-16-14(12)13(11)15-3/h4-9H,3H2,1-2H3/b5-4-. The third-order valence-electron chi connectivity index (χ3n) is 2.64. The lowest BCUT2D eigenvalue weighted by atomic mass is 10.0. The van der Waals surface area contributed by atoms with Crippen molar-refractivity contribution in [1.82, 2.24) is 4.98 Å². The Morgan fingerprint density at radius 1 is 1.31 bits per heavy atom. The molecule has 1 heterocycles. The second kappa shape index (κ2) is 4.27. The van der Waals surface area contributed by atoms with Crippen LogP contribution in [0.3, 0.4) is 0 Å². The first-order valence-electron chi connectivity index (χ1n) is 5.25. The Balaban J connectivity index is 2.86. The Labute approximate surface area is 95.4 Å². The molecule has 2 nitrogen and oxygen atoms in total. The number of benzene rings is 1. The average molecular weight is 210 g/mol. The van der Waals surface area contributed by atoms with Crippen LogP contribution in [0, 0.1) is 6.92 Å². The monoisotopic (exact) mass is 210 g/mol. The van der Waals surface area contributed by atoms with E-state index >= 15 is 0 Å². The van der Waals surface area contributed by atoms with Crippen molar-refractivity contribution in [3.63, 3.8) is 0 Å². The van der Waals surface area contributed by atoms with Crippen LogP contribution >= 0.6 is 0 Å². The van der Waals surface area contributed by atoms with Crippen LogP contribution in [0.5, 0.6) is 0 Å². The highest BCUT2D eigenvalue weighted by molar-refractivity contribution is 5.95. The molecule has 0 aliphatic carbocycles. The van der Waals surface area contributed by atoms with Gasteiger partial charge in [-0.25, -0.2) is 0 Å². The maximum absolute atomic E-state index is 4.39. The lowest BCUT2D eigenvalue weighted by Gasteiger charge is -2.06. The Morgan fingerprint density at radius 2 is 2.12 bits per heavy atom. The van der Waals surface area contributed by atoms with E-state index in [9.17, 15) is 0 Å². The summed E-state index contributed by atoms with van der Waals surface area (Å²) in [5.41, 5.74) is 4.05. The maximum atomic E-state index is 4.39. The van der Waals surface area contributed by atoms with Crippen molar-refractivity contribution in [2.45, 2.75) is 13.8 Å². The van der Waals surface area contributed by atoms with E-state index in [2.05, 4.69) is 35.8 Å². The summed E-state index contributed by atoms with van der Waals surface area (Å²) in [4.78, 5) is 8.48. The zero-order chi connectivity index (χ0) is 11.5. The zero-order valence-corrected chi connectivity index (χ0v) is 9.57. The topological polar surface area (TPSA) is 25.2 Å². The lowest BCUT2D eigenvalue weighted by Crippen LogP contribution is -1.85. The van der Waals surface area contributed by atoms with E-state index in [0.717, 1.165) is 22.2 Å². The number of pyridine rings is 1. The minimum atomic E-state index is 0.860. The minimum absolute atomic E-state index is 0.860. The van der Waals surface area contributed by atoms with Gasteiger partial charge in [-0.15, -0.1) is 0 Å². The van der Waals surface area contributed by atoms with Crippen molar-refractivity contribution >= 4 is 29.4 Å². The molecule has 2 heteroatoms. The van der Waals surface area contributed by atoms with E-state index in [4.69, 9.17) is 0 Å². The molecule has 0 atom stereocenters. The van der Waals surface area contributed by atoms with Gasteiger partial charge in [-0.05, 0) is 32.2 Å². The number of aliphatic imine (C=N–C) groups is 1. The van der Waals surface area contributed by atoms with Gasteiger partial charge in [0.2, 0.25) is 0 Å². The van der Waals surface area contributed by atoms with Crippen LogP contribution in [0.1, 0.15) is 18.1 Å². The van der Waals surface area contributed by atoms with Gasteiger partial charge in [-0.1, -0.05) is 24.3 Å². The molecule has 0 spiro atoms. The molecule has 0 N–H and O–H groups in total. The van der Waals surface area contributed by atoms with Gasteiger partial charge in [0.25, 0.3) is 0 Å². The predicted octanol–water partition coefficient (Wildman–Crippen LogP) is 3.91. The molecule has 0 unspecified atom stereocenters. The van der Waals surface area contributed by atoms with Crippen LogP contribution in [0.4, 0.5) is 5.69 Å². The van der Waals surface area contributed by atoms with Crippen LogP contribution in [0.15, 0.2) is 35.5 Å². The fourth-order valence-electron chi connectivity index (χ4n) is 1.84. The molecule has 2 rings (SSSR count). The molecule has 0 saturated heterocycles. The molecule has 1 aromatic carbocycles. The predicted molar refractivity (Wildman–Crippen MR) is 70.4 cm³/mol. The van der Waals surface area contributed by atoms with Gasteiger partial charge >= 0.3 is 0 Å². The normalized spacial score (nSPS) is 11.1. The smallest absolute Gasteiger partial charge is 0.0966 e. The summed E-state index contributed by atoms with van der Waals surface area (Å²) in [6.07, 6.45) is 5.82. The van der Waals surface area contributed by atoms with Gasteiger partial charge < -0.3 is 0 Å². The first-order chi connectivity index (χ1) is 7.77. The van der Waals surface area contributed by atoms with Gasteiger partial charge in [0.1, 0.15) is 0 Å². The van der Waals surface area contributed by atoms with Crippen molar-refractivity contribution in [2.75, 3.05) is 0 Å². The highest BCUT2D eigenvalue weighted by Crippen LogP contribution is 2.30. The number of fused-ring (bicyclic) bond motifs is 1. The van der Waals surface area contributed by atoms with Gasteiger partial charge in [0, 0.05) is 17.1 Å². The molecule has 0 bridgehead atoms. The van der Waals surface area contributed by atoms with E-state index < -0.39 is 0 Å². The largest absolute Gasteiger partial charge is 0.262 e. The number of hydrogen-bond acceptors (Lipinski definition) is 2. The Kier molecular flexibility index (Phi) is 2.82. The van der Waals surface area contributed by atoms with E-state index in [1.165, 1.54) is 5.56 Å². The molecule has 16 heavy (non-hydrogen) atoms. The molecule has 80 valence electrons. The van der Waals surface area contributed by atoms with Gasteiger partial charge in [0.15, 0.2) is 0 Å². The average Bonchev–Trinajstić information content (AvgIpc) is 2.29. The van der Waals surface area contributed by atoms with Crippen LogP contribution in [-0.4, -0.2) is 11.7 Å². The quantitative estimate of drug-likeness (QED) is 0.690. The Morgan fingerprint density at radius 3 is 2.81 bits per heavy atom. The number of allylic oxidation sites excluding steroid dienone is 1. The minimum Gasteiger partial charge on any atom is -0.262 e. The molecule has 0 fully saturated rings. The van der Waals surface area contributed by atoms with E-state index in [0.29, 0.717) is 0 Å². The van der Waals surface area contributed by atoms with Crippen molar-refractivity contribution in [1.29, 1.82) is 0 Å². The third kappa shape index (κ3) is 1.63. The van der Waals surface area contributed by atoms with Crippen LogP contribution in [0.2, 0.25) is 0 Å². The Bertz CT molecular complexity index is 568. The summed E-state index contributed by atoms with van der Waals surface area (Å²) in [7, 11) is 0.